The largest absolute Gasteiger partial charge is 0.481 e. The predicted molar refractivity (Wildman–Crippen MR) is 76.7 cm³/mol. The van der Waals surface area contributed by atoms with Crippen LogP contribution >= 0.6 is 0 Å². The van der Waals surface area contributed by atoms with Gasteiger partial charge in [-0.05, 0) is 11.1 Å². The number of carbonyl (C=O) groups excluding carboxylic acids is 2. The number of amides is 3. The van der Waals surface area contributed by atoms with Gasteiger partial charge in [-0.2, -0.15) is 0 Å². The first-order valence-electron chi connectivity index (χ1n) is 6.42. The molecule has 0 fully saturated rings. The lowest BCUT2D eigenvalue weighted by atomic mass is 10.0. The van der Waals surface area contributed by atoms with Crippen molar-refractivity contribution < 1.29 is 19.5 Å². The van der Waals surface area contributed by atoms with E-state index in [0.29, 0.717) is 5.56 Å². The Bertz CT molecular complexity index is 531. The molecular weight excluding hydrogens is 274 g/mol. The smallest absolute Gasteiger partial charge is 0.317 e. The number of nitrogens with zero attached hydrogens (tertiary/aromatic N) is 1. The van der Waals surface area contributed by atoms with Crippen molar-refractivity contribution in [3.63, 3.8) is 0 Å². The molecule has 0 unspecified atom stereocenters. The van der Waals surface area contributed by atoms with Gasteiger partial charge in [0.2, 0.25) is 5.91 Å². The number of urea groups is 1. The Morgan fingerprint density at radius 1 is 1.19 bits per heavy atom. The van der Waals surface area contributed by atoms with Crippen LogP contribution < -0.4 is 10.6 Å². The van der Waals surface area contributed by atoms with Gasteiger partial charge in [-0.1, -0.05) is 24.3 Å². The van der Waals surface area contributed by atoms with Crippen molar-refractivity contribution in [2.24, 2.45) is 0 Å². The van der Waals surface area contributed by atoms with Crippen LogP contribution in [0.1, 0.15) is 11.1 Å². The zero-order valence-corrected chi connectivity index (χ0v) is 12.0. The van der Waals surface area contributed by atoms with Gasteiger partial charge in [-0.15, -0.1) is 0 Å². The van der Waals surface area contributed by atoms with Crippen LogP contribution in [0.15, 0.2) is 24.3 Å². The van der Waals surface area contributed by atoms with Crippen LogP contribution in [-0.2, 0) is 22.6 Å². The number of benzene rings is 1. The van der Waals surface area contributed by atoms with E-state index in [9.17, 15) is 14.4 Å². The van der Waals surface area contributed by atoms with E-state index in [1.54, 1.807) is 24.3 Å². The van der Waals surface area contributed by atoms with E-state index in [2.05, 4.69) is 10.6 Å². The van der Waals surface area contributed by atoms with Gasteiger partial charge in [-0.25, -0.2) is 4.79 Å². The summed E-state index contributed by atoms with van der Waals surface area (Å²) in [5, 5.41) is 13.9. The number of aliphatic carboxylic acids is 1. The summed E-state index contributed by atoms with van der Waals surface area (Å²) in [6.45, 7) is 0.166. The Hall–Kier alpha value is -2.57. The normalized spacial score (nSPS) is 9.81. The number of likely N-dealkylation sites (N-methyl/N-ethyl adjacent to an activating group) is 2. The van der Waals surface area contributed by atoms with E-state index >= 15 is 0 Å². The summed E-state index contributed by atoms with van der Waals surface area (Å²) in [7, 11) is 3.00. The fourth-order valence-electron chi connectivity index (χ4n) is 1.74. The molecule has 0 aliphatic heterocycles. The number of carboxylic acids is 1. The maximum absolute atomic E-state index is 11.8. The molecule has 0 aliphatic rings. The molecule has 0 saturated carbocycles. The Balaban J connectivity index is 2.60. The fourth-order valence-corrected chi connectivity index (χ4v) is 1.74. The molecule has 0 radical (unpaired) electrons. The minimum absolute atomic E-state index is 0.0426. The molecule has 3 N–H and O–H groups in total. The third-order valence-corrected chi connectivity index (χ3v) is 2.90. The van der Waals surface area contributed by atoms with Crippen molar-refractivity contribution in [3.8, 4) is 0 Å². The number of rotatable bonds is 6. The van der Waals surface area contributed by atoms with E-state index < -0.39 is 12.0 Å². The van der Waals surface area contributed by atoms with Crippen LogP contribution in [-0.4, -0.2) is 48.6 Å². The molecule has 0 saturated heterocycles. The first-order chi connectivity index (χ1) is 9.93. The summed E-state index contributed by atoms with van der Waals surface area (Å²) >= 11 is 0. The Labute approximate surface area is 122 Å². The molecule has 7 heteroatoms. The minimum Gasteiger partial charge on any atom is -0.481 e. The SMILES string of the molecule is CNC(=O)CN(C)C(=O)NCc1ccccc1CC(=O)O. The fraction of sp³-hybridized carbons (Fsp3) is 0.357. The number of carbonyl (C=O) groups is 3. The summed E-state index contributed by atoms with van der Waals surface area (Å²) in [6, 6.07) is 6.60. The van der Waals surface area contributed by atoms with Gasteiger partial charge in [0.25, 0.3) is 0 Å². The molecule has 0 aliphatic carbocycles. The van der Waals surface area contributed by atoms with Gasteiger partial charge >= 0.3 is 12.0 Å². The Morgan fingerprint density at radius 3 is 2.38 bits per heavy atom. The van der Waals surface area contributed by atoms with Crippen molar-refractivity contribution >= 4 is 17.9 Å². The lowest BCUT2D eigenvalue weighted by Crippen LogP contribution is -2.42. The zero-order chi connectivity index (χ0) is 15.8. The van der Waals surface area contributed by atoms with E-state index in [-0.39, 0.29) is 25.4 Å². The standard InChI is InChI=1S/C14H19N3O4/c1-15-12(18)9-17(2)14(21)16-8-11-6-4-3-5-10(11)7-13(19)20/h3-6H,7-9H2,1-2H3,(H,15,18)(H,16,21)(H,19,20). The quantitative estimate of drug-likeness (QED) is 0.698. The summed E-state index contributed by atoms with van der Waals surface area (Å²) in [5.74, 6) is -1.19. The molecule has 0 bridgehead atoms. The average Bonchev–Trinajstić information content (AvgIpc) is 2.45. The van der Waals surface area contributed by atoms with Crippen molar-refractivity contribution in [1.82, 2.24) is 15.5 Å². The second-order valence-electron chi connectivity index (χ2n) is 4.53. The second kappa shape index (κ2) is 7.88. The molecule has 0 heterocycles. The lowest BCUT2D eigenvalue weighted by molar-refractivity contribution is -0.136. The average molecular weight is 293 g/mol. The second-order valence-corrected chi connectivity index (χ2v) is 4.53. The molecule has 3 amide bonds. The third-order valence-electron chi connectivity index (χ3n) is 2.90. The Kier molecular flexibility index (Phi) is 6.19. The van der Waals surface area contributed by atoms with Gasteiger partial charge in [-0.3, -0.25) is 9.59 Å². The maximum atomic E-state index is 11.8. The monoisotopic (exact) mass is 293 g/mol. The first kappa shape index (κ1) is 16.5. The van der Waals surface area contributed by atoms with Crippen molar-refractivity contribution in [2.45, 2.75) is 13.0 Å². The zero-order valence-electron chi connectivity index (χ0n) is 12.0. The molecule has 1 rings (SSSR count). The molecule has 1 aromatic rings. The molecule has 7 nitrogen and oxygen atoms in total. The highest BCUT2D eigenvalue weighted by Gasteiger charge is 2.12. The van der Waals surface area contributed by atoms with Crippen molar-refractivity contribution in [2.75, 3.05) is 20.6 Å². The predicted octanol–water partition coefficient (Wildman–Crippen LogP) is 0.201. The van der Waals surface area contributed by atoms with Gasteiger partial charge in [0, 0.05) is 20.6 Å². The highest BCUT2D eigenvalue weighted by atomic mass is 16.4. The summed E-state index contributed by atoms with van der Waals surface area (Å²) < 4.78 is 0. The third kappa shape index (κ3) is 5.52. The van der Waals surface area contributed by atoms with Crippen LogP contribution in [0.5, 0.6) is 0 Å². The molecule has 1 aromatic carbocycles. The molecule has 0 aromatic heterocycles. The van der Waals surface area contributed by atoms with Crippen molar-refractivity contribution in [3.05, 3.63) is 35.4 Å². The van der Waals surface area contributed by atoms with E-state index in [1.807, 2.05) is 0 Å². The van der Waals surface area contributed by atoms with Gasteiger partial charge in [0.1, 0.15) is 6.54 Å². The molecule has 0 atom stereocenters. The highest BCUT2D eigenvalue weighted by molar-refractivity contribution is 5.83. The van der Waals surface area contributed by atoms with Crippen molar-refractivity contribution in [1.29, 1.82) is 0 Å². The van der Waals surface area contributed by atoms with Gasteiger partial charge in [0.05, 0.1) is 6.42 Å². The lowest BCUT2D eigenvalue weighted by Gasteiger charge is -2.17. The van der Waals surface area contributed by atoms with Gasteiger partial charge < -0.3 is 20.6 Å². The number of hydrogen-bond acceptors (Lipinski definition) is 3. The van der Waals surface area contributed by atoms with E-state index in [1.165, 1.54) is 19.0 Å². The topological polar surface area (TPSA) is 98.7 Å². The maximum Gasteiger partial charge on any atom is 0.317 e. The molecule has 114 valence electrons. The number of nitrogens with one attached hydrogen (secondary N) is 2. The van der Waals surface area contributed by atoms with Crippen LogP contribution in [0.4, 0.5) is 4.79 Å². The van der Waals surface area contributed by atoms with Crippen LogP contribution in [0.3, 0.4) is 0 Å². The molecule has 0 spiro atoms. The molecule has 21 heavy (non-hydrogen) atoms. The van der Waals surface area contributed by atoms with Crippen LogP contribution in [0, 0.1) is 0 Å². The number of hydrogen-bond donors (Lipinski definition) is 3. The summed E-state index contributed by atoms with van der Waals surface area (Å²) in [6.07, 6.45) is -0.0971. The number of carboxylic acid groups (broad SMARTS) is 1. The van der Waals surface area contributed by atoms with E-state index in [4.69, 9.17) is 5.11 Å². The highest BCUT2D eigenvalue weighted by Crippen LogP contribution is 2.09. The molecular formula is C14H19N3O4. The summed E-state index contributed by atoms with van der Waals surface area (Å²) in [5.41, 5.74) is 1.39. The Morgan fingerprint density at radius 2 is 1.81 bits per heavy atom. The van der Waals surface area contributed by atoms with Crippen LogP contribution in [0.2, 0.25) is 0 Å². The van der Waals surface area contributed by atoms with Gasteiger partial charge in [0.15, 0.2) is 0 Å². The first-order valence-corrected chi connectivity index (χ1v) is 6.42. The minimum atomic E-state index is -0.925. The van der Waals surface area contributed by atoms with E-state index in [0.717, 1.165) is 5.56 Å². The van der Waals surface area contributed by atoms with Crippen LogP contribution in [0.25, 0.3) is 0 Å². The summed E-state index contributed by atoms with van der Waals surface area (Å²) in [4.78, 5) is 35.0.